The SMILES string of the molecule is CN(C)C(=O)CCc1nc2c(N3CC(N(C)C)C3)nc3c(F)c(-c4nc(N)ccc4C(F)(F)F)c(CCC#N)cc3c2n1C1C2CNC1C2. The third-order valence-corrected chi connectivity index (χ3v) is 10.3. The molecule has 2 bridgehead atoms. The molecule has 4 fully saturated rings. The Bertz CT molecular complexity index is 2000. The number of carbonyl (C=O) groups is 1. The molecule has 1 saturated carbocycles. The Morgan fingerprint density at radius 3 is 2.49 bits per heavy atom. The van der Waals surface area contributed by atoms with Crippen LogP contribution in [0.1, 0.15) is 42.3 Å². The molecule has 1 aliphatic carbocycles. The van der Waals surface area contributed by atoms with Gasteiger partial charge in [-0.1, -0.05) is 0 Å². The normalized spacial score (nSPS) is 20.6. The number of carbonyl (C=O) groups excluding carboxylic acids is 1. The molecule has 3 unspecified atom stereocenters. The molecular weight excluding hydrogens is 640 g/mol. The summed E-state index contributed by atoms with van der Waals surface area (Å²) in [5, 5.41) is 13.4. The van der Waals surface area contributed by atoms with Crippen molar-refractivity contribution in [3.8, 4) is 17.3 Å². The zero-order valence-electron chi connectivity index (χ0n) is 27.8. The molecule has 4 aromatic rings. The molecule has 258 valence electrons. The Morgan fingerprint density at radius 1 is 1.12 bits per heavy atom. The van der Waals surface area contributed by atoms with Gasteiger partial charge in [0.15, 0.2) is 11.6 Å². The van der Waals surface area contributed by atoms with Crippen LogP contribution < -0.4 is 16.0 Å². The highest BCUT2D eigenvalue weighted by Gasteiger charge is 2.49. The van der Waals surface area contributed by atoms with E-state index in [-0.39, 0.29) is 65.8 Å². The van der Waals surface area contributed by atoms with E-state index < -0.39 is 23.3 Å². The number of anilines is 2. The number of imidazole rings is 1. The average molecular weight is 679 g/mol. The van der Waals surface area contributed by atoms with E-state index in [2.05, 4.69) is 19.8 Å². The van der Waals surface area contributed by atoms with Gasteiger partial charge in [0.1, 0.15) is 22.7 Å². The number of nitrogen functional groups attached to an aromatic ring is 1. The van der Waals surface area contributed by atoms with Crippen molar-refractivity contribution < 1.29 is 22.4 Å². The third-order valence-electron chi connectivity index (χ3n) is 10.3. The lowest BCUT2D eigenvalue weighted by atomic mass is 9.79. The van der Waals surface area contributed by atoms with Crippen LogP contribution in [0.5, 0.6) is 0 Å². The van der Waals surface area contributed by atoms with Crippen LogP contribution in [0.15, 0.2) is 18.2 Å². The highest BCUT2D eigenvalue weighted by Crippen LogP contribution is 2.49. The van der Waals surface area contributed by atoms with Crippen LogP contribution in [0.2, 0.25) is 0 Å². The number of alkyl halides is 3. The Morgan fingerprint density at radius 2 is 1.88 bits per heavy atom. The van der Waals surface area contributed by atoms with E-state index in [1.165, 1.54) is 4.90 Å². The molecule has 1 aromatic carbocycles. The number of benzene rings is 1. The molecule has 3 atom stereocenters. The fourth-order valence-corrected chi connectivity index (χ4v) is 7.53. The van der Waals surface area contributed by atoms with Crippen molar-refractivity contribution in [2.75, 3.05) is 58.5 Å². The third kappa shape index (κ3) is 5.51. The second-order valence-electron chi connectivity index (χ2n) is 13.8. The van der Waals surface area contributed by atoms with E-state index in [9.17, 15) is 23.2 Å². The van der Waals surface area contributed by atoms with Crippen molar-refractivity contribution in [2.45, 2.75) is 56.4 Å². The summed E-state index contributed by atoms with van der Waals surface area (Å²) in [5.41, 5.74) is 4.99. The number of halogens is 4. The Kier molecular flexibility index (Phi) is 8.14. The van der Waals surface area contributed by atoms with Crippen LogP contribution in [0, 0.1) is 23.1 Å². The van der Waals surface area contributed by atoms with E-state index in [4.69, 9.17) is 15.7 Å². The summed E-state index contributed by atoms with van der Waals surface area (Å²) >= 11 is 0. The van der Waals surface area contributed by atoms with E-state index in [0.29, 0.717) is 53.5 Å². The minimum Gasteiger partial charge on any atom is -0.384 e. The molecule has 3 aliphatic heterocycles. The number of nitrogens with zero attached hydrogens (tertiary/aromatic N) is 8. The molecule has 49 heavy (non-hydrogen) atoms. The number of nitrogens with two attached hydrogens (primary N) is 1. The molecule has 0 spiro atoms. The summed E-state index contributed by atoms with van der Waals surface area (Å²) in [4.78, 5) is 32.3. The topological polar surface area (TPSA) is 132 Å². The van der Waals surface area contributed by atoms with E-state index in [0.717, 1.165) is 25.1 Å². The average Bonchev–Trinajstić information content (AvgIpc) is 3.74. The fourth-order valence-electron chi connectivity index (χ4n) is 7.53. The molecule has 11 nitrogen and oxygen atoms in total. The monoisotopic (exact) mass is 678 g/mol. The Balaban J connectivity index is 1.54. The fraction of sp³-hybridized carbons (Fsp3) is 0.500. The number of hydrogen-bond donors (Lipinski definition) is 2. The van der Waals surface area contributed by atoms with Crippen molar-refractivity contribution in [3.63, 3.8) is 0 Å². The maximum atomic E-state index is 17.3. The van der Waals surface area contributed by atoms with Crippen molar-refractivity contribution in [1.29, 1.82) is 5.26 Å². The number of fused-ring (bicyclic) bond motifs is 4. The summed E-state index contributed by atoms with van der Waals surface area (Å²) in [6.07, 6.45) is -3.41. The van der Waals surface area contributed by atoms with Crippen LogP contribution in [-0.4, -0.2) is 95.1 Å². The first-order valence-corrected chi connectivity index (χ1v) is 16.4. The van der Waals surface area contributed by atoms with Gasteiger partial charge in [0.05, 0.1) is 28.9 Å². The van der Waals surface area contributed by atoms with Gasteiger partial charge in [-0.3, -0.25) is 4.79 Å². The Labute approximate surface area is 280 Å². The number of nitriles is 1. The standard InChI is InChI=1S/C34H38F4N10O/c1-45(2)19-15-47(16-19)33-30-32(48(31-18-13-22(31)41-14-18)24(43-30)9-10-25(49)46(3)4)20-12-17(6-5-11-39)26(27(35)28(20)44-33)29-21(34(36,37)38)7-8-23(40)42-29/h7-8,12,18-19,22,31,41H,5-6,9-10,13-16H2,1-4H3,(H2,40,42). The van der Waals surface area contributed by atoms with Gasteiger partial charge in [-0.15, -0.1) is 0 Å². The van der Waals surface area contributed by atoms with Crippen molar-refractivity contribution in [3.05, 3.63) is 41.0 Å². The number of amides is 1. The molecule has 3 saturated heterocycles. The van der Waals surface area contributed by atoms with Gasteiger partial charge in [-0.2, -0.15) is 18.4 Å². The molecule has 1 amide bonds. The van der Waals surface area contributed by atoms with Crippen molar-refractivity contribution in [2.24, 2.45) is 5.92 Å². The summed E-state index contributed by atoms with van der Waals surface area (Å²) in [7, 11) is 7.35. The largest absolute Gasteiger partial charge is 0.418 e. The van der Waals surface area contributed by atoms with Crippen LogP contribution in [0.4, 0.5) is 29.2 Å². The predicted molar refractivity (Wildman–Crippen MR) is 177 cm³/mol. The molecule has 0 radical (unpaired) electrons. The second-order valence-corrected chi connectivity index (χ2v) is 13.8. The van der Waals surface area contributed by atoms with Crippen molar-refractivity contribution in [1.82, 2.24) is 34.6 Å². The summed E-state index contributed by atoms with van der Waals surface area (Å²) in [6.45, 7) is 2.01. The Hall–Kier alpha value is -4.55. The lowest BCUT2D eigenvalue weighted by molar-refractivity contribution is -0.137. The van der Waals surface area contributed by atoms with Crippen LogP contribution >= 0.6 is 0 Å². The number of aromatic nitrogens is 4. The first kappa shape index (κ1) is 33.0. The molecular formula is C34H38F4N10O. The van der Waals surface area contributed by atoms with Gasteiger partial charge in [0, 0.05) is 76.0 Å². The van der Waals surface area contributed by atoms with Gasteiger partial charge >= 0.3 is 6.18 Å². The maximum Gasteiger partial charge on any atom is 0.418 e. The van der Waals surface area contributed by atoms with Crippen LogP contribution in [-0.2, 0) is 23.8 Å². The lowest BCUT2D eigenvalue weighted by Gasteiger charge is -2.43. The van der Waals surface area contributed by atoms with E-state index in [1.807, 2.05) is 25.1 Å². The number of pyridine rings is 2. The second kappa shape index (κ2) is 12.1. The number of likely N-dealkylation sites (N-methyl/N-ethyl adjacent to an activating group) is 1. The first-order valence-electron chi connectivity index (χ1n) is 16.4. The highest BCUT2D eigenvalue weighted by molar-refractivity contribution is 6.09. The van der Waals surface area contributed by atoms with Gasteiger partial charge in [-0.05, 0) is 56.6 Å². The van der Waals surface area contributed by atoms with Gasteiger partial charge in [-0.25, -0.2) is 19.3 Å². The number of hydrogen-bond acceptors (Lipinski definition) is 9. The highest BCUT2D eigenvalue weighted by atomic mass is 19.4. The minimum absolute atomic E-state index is 0.00320. The molecule has 3 aromatic heterocycles. The predicted octanol–water partition coefficient (Wildman–Crippen LogP) is 4.15. The van der Waals surface area contributed by atoms with E-state index >= 15 is 4.39 Å². The van der Waals surface area contributed by atoms with Crippen LogP contribution in [0.3, 0.4) is 0 Å². The van der Waals surface area contributed by atoms with Crippen molar-refractivity contribution >= 4 is 39.5 Å². The maximum absolute atomic E-state index is 17.3. The smallest absolute Gasteiger partial charge is 0.384 e. The van der Waals surface area contributed by atoms with Gasteiger partial charge in [0.25, 0.3) is 0 Å². The zero-order valence-corrected chi connectivity index (χ0v) is 27.8. The summed E-state index contributed by atoms with van der Waals surface area (Å²) in [5.74, 6) is 0.189. The molecule has 15 heteroatoms. The summed E-state index contributed by atoms with van der Waals surface area (Å²) < 4.78 is 62.4. The summed E-state index contributed by atoms with van der Waals surface area (Å²) in [6, 6.07) is 5.90. The van der Waals surface area contributed by atoms with Gasteiger partial charge in [0.2, 0.25) is 5.91 Å². The quantitative estimate of drug-likeness (QED) is 0.251. The molecule has 4 aliphatic rings. The number of aryl methyl sites for hydroxylation is 2. The number of rotatable bonds is 9. The minimum atomic E-state index is -4.85. The number of nitrogens with one attached hydrogen (secondary N) is 1. The molecule has 6 heterocycles. The van der Waals surface area contributed by atoms with Gasteiger partial charge < -0.3 is 30.3 Å². The lowest BCUT2D eigenvalue weighted by Crippen LogP contribution is -2.57. The zero-order chi connectivity index (χ0) is 34.9. The van der Waals surface area contributed by atoms with E-state index in [1.54, 1.807) is 20.2 Å². The molecule has 8 rings (SSSR count). The first-order chi connectivity index (χ1) is 23.3. The molecule has 3 N–H and O–H groups in total. The van der Waals surface area contributed by atoms with Crippen LogP contribution in [0.25, 0.3) is 33.2 Å².